The first-order chi connectivity index (χ1) is 13.1. The van der Waals surface area contributed by atoms with Gasteiger partial charge in [-0.15, -0.1) is 0 Å². The molecule has 2 heterocycles. The summed E-state index contributed by atoms with van der Waals surface area (Å²) in [4.78, 5) is 29.8. The van der Waals surface area contributed by atoms with Crippen molar-refractivity contribution in [1.29, 1.82) is 0 Å². The SMILES string of the molecule is O=C(c1cc2ccccc2[nH]1)N1CCC(Cc2ccccc2)(C(=O)O)CC1. The smallest absolute Gasteiger partial charge is 0.310 e. The number of hydrogen-bond acceptors (Lipinski definition) is 2. The van der Waals surface area contributed by atoms with Gasteiger partial charge in [0.1, 0.15) is 5.69 Å². The molecule has 1 saturated heterocycles. The van der Waals surface area contributed by atoms with Crippen molar-refractivity contribution in [3.05, 3.63) is 71.9 Å². The number of nitrogens with one attached hydrogen (secondary N) is 1. The minimum absolute atomic E-state index is 0.0649. The average Bonchev–Trinajstić information content (AvgIpc) is 3.13. The normalized spacial score (nSPS) is 16.4. The van der Waals surface area contributed by atoms with Crippen LogP contribution in [-0.2, 0) is 11.2 Å². The van der Waals surface area contributed by atoms with Gasteiger partial charge in [-0.3, -0.25) is 9.59 Å². The molecule has 138 valence electrons. The molecule has 1 amide bonds. The second kappa shape index (κ2) is 6.91. The molecule has 1 aromatic heterocycles. The lowest BCUT2D eigenvalue weighted by Gasteiger charge is -2.39. The van der Waals surface area contributed by atoms with Crippen LogP contribution in [0.25, 0.3) is 10.9 Å². The number of rotatable bonds is 4. The van der Waals surface area contributed by atoms with Crippen LogP contribution in [0.5, 0.6) is 0 Å². The molecule has 1 aliphatic rings. The van der Waals surface area contributed by atoms with Crippen molar-refractivity contribution in [1.82, 2.24) is 9.88 Å². The fourth-order valence-electron chi connectivity index (χ4n) is 3.95. The van der Waals surface area contributed by atoms with Gasteiger partial charge in [-0.05, 0) is 37.0 Å². The number of carboxylic acid groups (broad SMARTS) is 1. The molecule has 2 aromatic carbocycles. The number of H-pyrrole nitrogens is 1. The molecule has 0 spiro atoms. The van der Waals surface area contributed by atoms with Crippen molar-refractivity contribution in [2.45, 2.75) is 19.3 Å². The topological polar surface area (TPSA) is 73.4 Å². The summed E-state index contributed by atoms with van der Waals surface area (Å²) < 4.78 is 0. The Morgan fingerprint density at radius 1 is 1.00 bits per heavy atom. The van der Waals surface area contributed by atoms with Crippen molar-refractivity contribution < 1.29 is 14.7 Å². The van der Waals surface area contributed by atoms with Crippen molar-refractivity contribution >= 4 is 22.8 Å². The van der Waals surface area contributed by atoms with Gasteiger partial charge in [0.15, 0.2) is 0 Å². The summed E-state index contributed by atoms with van der Waals surface area (Å²) in [6, 6.07) is 19.4. The Labute approximate surface area is 157 Å². The lowest BCUT2D eigenvalue weighted by atomic mass is 9.74. The van der Waals surface area contributed by atoms with Gasteiger partial charge >= 0.3 is 5.97 Å². The van der Waals surface area contributed by atoms with E-state index in [1.165, 1.54) is 0 Å². The number of nitrogens with zero attached hydrogens (tertiary/aromatic N) is 1. The highest BCUT2D eigenvalue weighted by atomic mass is 16.4. The van der Waals surface area contributed by atoms with E-state index in [0.29, 0.717) is 38.0 Å². The van der Waals surface area contributed by atoms with Gasteiger partial charge in [0.05, 0.1) is 5.41 Å². The molecule has 2 N–H and O–H groups in total. The van der Waals surface area contributed by atoms with Crippen molar-refractivity contribution in [2.24, 2.45) is 5.41 Å². The Balaban J connectivity index is 1.49. The van der Waals surface area contributed by atoms with Crippen LogP contribution in [0, 0.1) is 5.41 Å². The Kier molecular flexibility index (Phi) is 4.44. The number of carbonyl (C=O) groups excluding carboxylic acids is 1. The first-order valence-corrected chi connectivity index (χ1v) is 9.22. The lowest BCUT2D eigenvalue weighted by molar-refractivity contribution is -0.151. The van der Waals surface area contributed by atoms with Gasteiger partial charge in [-0.2, -0.15) is 0 Å². The summed E-state index contributed by atoms with van der Waals surface area (Å²) in [5, 5.41) is 10.9. The van der Waals surface area contributed by atoms with E-state index >= 15 is 0 Å². The van der Waals surface area contributed by atoms with E-state index in [0.717, 1.165) is 16.5 Å². The molecule has 5 nitrogen and oxygen atoms in total. The van der Waals surface area contributed by atoms with Crippen LogP contribution in [-0.4, -0.2) is 40.0 Å². The molecule has 1 aliphatic heterocycles. The highest BCUT2D eigenvalue weighted by Gasteiger charge is 2.42. The van der Waals surface area contributed by atoms with E-state index in [2.05, 4.69) is 4.98 Å². The molecule has 0 radical (unpaired) electrons. The van der Waals surface area contributed by atoms with Gasteiger partial charge in [-0.25, -0.2) is 0 Å². The van der Waals surface area contributed by atoms with E-state index in [1.54, 1.807) is 4.90 Å². The number of aliphatic carboxylic acids is 1. The molecule has 4 rings (SSSR count). The van der Waals surface area contributed by atoms with Crippen LogP contribution in [0.4, 0.5) is 0 Å². The second-order valence-electron chi connectivity index (χ2n) is 7.31. The zero-order valence-electron chi connectivity index (χ0n) is 15.0. The largest absolute Gasteiger partial charge is 0.481 e. The number of carbonyl (C=O) groups is 2. The van der Waals surface area contributed by atoms with Crippen LogP contribution >= 0.6 is 0 Å². The summed E-state index contributed by atoms with van der Waals surface area (Å²) in [5.74, 6) is -0.839. The number of hydrogen-bond donors (Lipinski definition) is 2. The first-order valence-electron chi connectivity index (χ1n) is 9.22. The minimum Gasteiger partial charge on any atom is -0.481 e. The summed E-state index contributed by atoms with van der Waals surface area (Å²) in [5.41, 5.74) is 1.71. The average molecular weight is 362 g/mol. The fraction of sp³-hybridized carbons (Fsp3) is 0.273. The highest BCUT2D eigenvalue weighted by Crippen LogP contribution is 2.36. The third kappa shape index (κ3) is 3.33. The first kappa shape index (κ1) is 17.3. The Morgan fingerprint density at radius 3 is 2.33 bits per heavy atom. The van der Waals surface area contributed by atoms with Crippen LogP contribution < -0.4 is 0 Å². The third-order valence-corrected chi connectivity index (χ3v) is 5.61. The zero-order chi connectivity index (χ0) is 18.9. The van der Waals surface area contributed by atoms with E-state index in [9.17, 15) is 14.7 Å². The molecule has 5 heteroatoms. The molecule has 0 aliphatic carbocycles. The summed E-state index contributed by atoms with van der Waals surface area (Å²) in [6.07, 6.45) is 1.42. The quantitative estimate of drug-likeness (QED) is 0.743. The Bertz CT molecular complexity index is 936. The van der Waals surface area contributed by atoms with E-state index in [4.69, 9.17) is 0 Å². The summed E-state index contributed by atoms with van der Waals surface area (Å²) in [7, 11) is 0. The van der Waals surface area contributed by atoms with Gasteiger partial charge in [0, 0.05) is 24.0 Å². The second-order valence-corrected chi connectivity index (χ2v) is 7.31. The molecule has 0 unspecified atom stereocenters. The molecule has 0 atom stereocenters. The number of benzene rings is 2. The molecule has 27 heavy (non-hydrogen) atoms. The van der Waals surface area contributed by atoms with Gasteiger partial charge < -0.3 is 15.0 Å². The zero-order valence-corrected chi connectivity index (χ0v) is 15.0. The van der Waals surface area contributed by atoms with E-state index in [1.807, 2.05) is 60.7 Å². The number of carboxylic acids is 1. The number of aromatic nitrogens is 1. The number of likely N-dealkylation sites (tertiary alicyclic amines) is 1. The van der Waals surface area contributed by atoms with Crippen LogP contribution in [0.2, 0.25) is 0 Å². The predicted octanol–water partition coefficient (Wildman–Crippen LogP) is 3.72. The molecule has 0 bridgehead atoms. The molecule has 1 fully saturated rings. The predicted molar refractivity (Wildman–Crippen MR) is 104 cm³/mol. The Hall–Kier alpha value is -3.08. The maximum absolute atomic E-state index is 12.9. The number of piperidine rings is 1. The standard InChI is InChI=1S/C22H22N2O3/c25-20(19-14-17-8-4-5-9-18(17)23-19)24-12-10-22(11-13-24,21(26)27)15-16-6-2-1-3-7-16/h1-9,14,23H,10-13,15H2,(H,26,27). The molecule has 0 saturated carbocycles. The fourth-order valence-corrected chi connectivity index (χ4v) is 3.95. The van der Waals surface area contributed by atoms with Crippen LogP contribution in [0.15, 0.2) is 60.7 Å². The highest BCUT2D eigenvalue weighted by molar-refractivity contribution is 5.98. The monoisotopic (exact) mass is 362 g/mol. The van der Waals surface area contributed by atoms with Crippen LogP contribution in [0.3, 0.4) is 0 Å². The van der Waals surface area contributed by atoms with Crippen molar-refractivity contribution in [3.63, 3.8) is 0 Å². The van der Waals surface area contributed by atoms with Crippen molar-refractivity contribution in [2.75, 3.05) is 13.1 Å². The van der Waals surface area contributed by atoms with Gasteiger partial charge in [0.2, 0.25) is 0 Å². The molecular weight excluding hydrogens is 340 g/mol. The van der Waals surface area contributed by atoms with E-state index < -0.39 is 11.4 Å². The van der Waals surface area contributed by atoms with Gasteiger partial charge in [0.25, 0.3) is 5.91 Å². The minimum atomic E-state index is -0.807. The summed E-state index contributed by atoms with van der Waals surface area (Å²) >= 11 is 0. The molecule has 3 aromatic rings. The van der Waals surface area contributed by atoms with Crippen molar-refractivity contribution in [3.8, 4) is 0 Å². The van der Waals surface area contributed by atoms with Crippen LogP contribution in [0.1, 0.15) is 28.9 Å². The van der Waals surface area contributed by atoms with Gasteiger partial charge in [-0.1, -0.05) is 48.5 Å². The summed E-state index contributed by atoms with van der Waals surface area (Å²) in [6.45, 7) is 0.903. The Morgan fingerprint density at radius 2 is 1.67 bits per heavy atom. The number of amides is 1. The third-order valence-electron chi connectivity index (χ3n) is 5.61. The molecular formula is C22H22N2O3. The number of para-hydroxylation sites is 1. The lowest BCUT2D eigenvalue weighted by Crippen LogP contribution is -2.47. The number of aromatic amines is 1. The maximum Gasteiger partial charge on any atom is 0.310 e. The van der Waals surface area contributed by atoms with E-state index in [-0.39, 0.29) is 5.91 Å². The number of fused-ring (bicyclic) bond motifs is 1. The maximum atomic E-state index is 12.9.